The van der Waals surface area contributed by atoms with Gasteiger partial charge in [0, 0.05) is 17.4 Å². The zero-order chi connectivity index (χ0) is 7.82. The molecule has 3 heteroatoms. The van der Waals surface area contributed by atoms with Crippen LogP contribution in [0.2, 0.25) is 0 Å². The zero-order valence-electron chi connectivity index (χ0n) is 7.35. The van der Waals surface area contributed by atoms with E-state index < -0.39 is 0 Å². The number of hydrogen-bond donors (Lipinski definition) is 0. The fourth-order valence-corrected chi connectivity index (χ4v) is 0.752. The maximum atomic E-state index is 10.7. The van der Waals surface area contributed by atoms with Crippen molar-refractivity contribution in [2.75, 3.05) is 6.61 Å². The normalized spacial score (nSPS) is 8.55. The Morgan fingerprint density at radius 2 is 1.91 bits per heavy atom. The Balaban J connectivity index is 0. The van der Waals surface area contributed by atoms with Crippen LogP contribution < -0.4 is 0 Å². The van der Waals surface area contributed by atoms with Crippen LogP contribution in [0.25, 0.3) is 0 Å². The Kier molecular flexibility index (Phi) is 11.7. The van der Waals surface area contributed by atoms with E-state index in [1.807, 2.05) is 6.92 Å². The van der Waals surface area contributed by atoms with Gasteiger partial charge >= 0.3 is 5.97 Å². The molecule has 0 spiro atoms. The Hall–Kier alpha value is -0.313. The minimum absolute atomic E-state index is 0. The highest BCUT2D eigenvalue weighted by Crippen LogP contribution is 1.99. The molecule has 0 atom stereocenters. The summed E-state index contributed by atoms with van der Waals surface area (Å²) >= 11 is 0. The topological polar surface area (TPSA) is 26.3 Å². The first-order chi connectivity index (χ1) is 4.81. The average molecular weight is 172 g/mol. The third-order valence-electron chi connectivity index (χ3n) is 1.29. The van der Waals surface area contributed by atoms with Crippen molar-refractivity contribution < 1.29 is 9.53 Å². The van der Waals surface area contributed by atoms with Gasteiger partial charge in [-0.25, -0.2) is 0 Å². The lowest BCUT2D eigenvalue weighted by molar-refractivity contribution is -0.143. The van der Waals surface area contributed by atoms with Gasteiger partial charge in [0.2, 0.25) is 0 Å². The highest BCUT2D eigenvalue weighted by atomic mass is 28.1. The van der Waals surface area contributed by atoms with Crippen LogP contribution in [0.15, 0.2) is 0 Å². The number of hydrogen-bond acceptors (Lipinski definition) is 2. The van der Waals surface area contributed by atoms with Gasteiger partial charge in [-0.05, 0) is 13.3 Å². The van der Waals surface area contributed by atoms with Crippen LogP contribution in [0.1, 0.15) is 39.5 Å². The second-order valence-electron chi connectivity index (χ2n) is 2.26. The van der Waals surface area contributed by atoms with E-state index in [1.54, 1.807) is 0 Å². The second kappa shape index (κ2) is 9.69. The first-order valence-corrected chi connectivity index (χ1v) is 3.96. The maximum Gasteiger partial charge on any atom is 0.305 e. The fourth-order valence-electron chi connectivity index (χ4n) is 0.752. The van der Waals surface area contributed by atoms with E-state index in [2.05, 4.69) is 6.92 Å². The first-order valence-electron chi connectivity index (χ1n) is 3.96. The van der Waals surface area contributed by atoms with Crippen LogP contribution in [0.4, 0.5) is 0 Å². The van der Waals surface area contributed by atoms with Gasteiger partial charge in [-0.2, -0.15) is 0 Å². The highest BCUT2D eigenvalue weighted by Gasteiger charge is 1.98. The lowest BCUT2D eigenvalue weighted by Crippen LogP contribution is -2.02. The SMILES string of the molecule is CCCCCC(=O)OCC.[Si]. The van der Waals surface area contributed by atoms with Crippen molar-refractivity contribution in [2.24, 2.45) is 0 Å². The van der Waals surface area contributed by atoms with E-state index in [1.165, 1.54) is 0 Å². The summed E-state index contributed by atoms with van der Waals surface area (Å²) in [6.45, 7) is 4.45. The quantitative estimate of drug-likeness (QED) is 0.359. The molecule has 0 N–H and O–H groups in total. The van der Waals surface area contributed by atoms with Crippen molar-refractivity contribution in [3.63, 3.8) is 0 Å². The lowest BCUT2D eigenvalue weighted by atomic mass is 10.2. The van der Waals surface area contributed by atoms with E-state index in [-0.39, 0.29) is 16.9 Å². The summed E-state index contributed by atoms with van der Waals surface area (Å²) in [5.41, 5.74) is 0. The van der Waals surface area contributed by atoms with E-state index in [0.29, 0.717) is 13.0 Å². The molecule has 0 aromatic rings. The minimum Gasteiger partial charge on any atom is -0.466 e. The molecule has 0 heterocycles. The smallest absolute Gasteiger partial charge is 0.305 e. The molecule has 0 aliphatic carbocycles. The van der Waals surface area contributed by atoms with Gasteiger partial charge in [0.15, 0.2) is 0 Å². The van der Waals surface area contributed by atoms with Gasteiger partial charge in [-0.3, -0.25) is 4.79 Å². The Morgan fingerprint density at radius 3 is 2.36 bits per heavy atom. The first kappa shape index (κ1) is 13.3. The molecule has 0 saturated carbocycles. The number of ether oxygens (including phenoxy) is 1. The summed E-state index contributed by atoms with van der Waals surface area (Å²) in [6, 6.07) is 0. The summed E-state index contributed by atoms with van der Waals surface area (Å²) in [5, 5.41) is 0. The number of carbonyl (C=O) groups is 1. The van der Waals surface area contributed by atoms with Crippen LogP contribution in [0.5, 0.6) is 0 Å². The van der Waals surface area contributed by atoms with Gasteiger partial charge in [0.05, 0.1) is 6.61 Å². The number of rotatable bonds is 5. The lowest BCUT2D eigenvalue weighted by Gasteiger charge is -1.99. The Labute approximate surface area is 73.3 Å². The summed E-state index contributed by atoms with van der Waals surface area (Å²) in [4.78, 5) is 10.7. The molecular weight excluding hydrogens is 156 g/mol. The largest absolute Gasteiger partial charge is 0.466 e. The molecule has 2 nitrogen and oxygen atoms in total. The van der Waals surface area contributed by atoms with Gasteiger partial charge in [0.1, 0.15) is 0 Å². The van der Waals surface area contributed by atoms with E-state index in [9.17, 15) is 4.79 Å². The van der Waals surface area contributed by atoms with Crippen molar-refractivity contribution in [1.82, 2.24) is 0 Å². The molecule has 4 radical (unpaired) electrons. The third kappa shape index (κ3) is 9.69. The molecule has 0 aromatic heterocycles. The summed E-state index contributed by atoms with van der Waals surface area (Å²) < 4.78 is 4.75. The molecular formula is C8H16O2Si. The predicted octanol–water partition coefficient (Wildman–Crippen LogP) is 1.75. The van der Waals surface area contributed by atoms with Crippen molar-refractivity contribution in [3.8, 4) is 0 Å². The number of esters is 1. The van der Waals surface area contributed by atoms with Gasteiger partial charge in [0.25, 0.3) is 0 Å². The van der Waals surface area contributed by atoms with Gasteiger partial charge < -0.3 is 4.74 Å². The van der Waals surface area contributed by atoms with E-state index >= 15 is 0 Å². The summed E-state index contributed by atoms with van der Waals surface area (Å²) in [7, 11) is 0. The maximum absolute atomic E-state index is 10.7. The molecule has 11 heavy (non-hydrogen) atoms. The minimum atomic E-state index is -0.0593. The molecule has 0 aliphatic heterocycles. The predicted molar refractivity (Wildman–Crippen MR) is 46.5 cm³/mol. The molecule has 0 rings (SSSR count). The number of carbonyl (C=O) groups excluding carboxylic acids is 1. The molecule has 0 amide bonds. The summed E-state index contributed by atoms with van der Waals surface area (Å²) in [5.74, 6) is -0.0593. The average Bonchev–Trinajstić information content (AvgIpc) is 1.89. The molecule has 64 valence electrons. The molecule has 0 bridgehead atoms. The molecule has 0 aliphatic rings. The van der Waals surface area contributed by atoms with E-state index in [4.69, 9.17) is 4.74 Å². The van der Waals surface area contributed by atoms with Gasteiger partial charge in [-0.15, -0.1) is 0 Å². The molecule has 0 saturated heterocycles. The van der Waals surface area contributed by atoms with Crippen LogP contribution in [0, 0.1) is 0 Å². The van der Waals surface area contributed by atoms with Gasteiger partial charge in [-0.1, -0.05) is 19.8 Å². The van der Waals surface area contributed by atoms with Crippen molar-refractivity contribution in [1.29, 1.82) is 0 Å². The van der Waals surface area contributed by atoms with Crippen molar-refractivity contribution >= 4 is 16.9 Å². The van der Waals surface area contributed by atoms with Crippen LogP contribution in [-0.2, 0) is 9.53 Å². The summed E-state index contributed by atoms with van der Waals surface area (Å²) in [6.07, 6.45) is 3.83. The Bertz CT molecular complexity index is 94.1. The van der Waals surface area contributed by atoms with Crippen LogP contribution in [-0.4, -0.2) is 23.5 Å². The highest BCUT2D eigenvalue weighted by molar-refractivity contribution is 5.75. The zero-order valence-corrected chi connectivity index (χ0v) is 8.35. The monoisotopic (exact) mass is 172 g/mol. The van der Waals surface area contributed by atoms with Crippen LogP contribution in [0.3, 0.4) is 0 Å². The Morgan fingerprint density at radius 1 is 1.27 bits per heavy atom. The van der Waals surface area contributed by atoms with E-state index in [0.717, 1.165) is 19.3 Å². The second-order valence-corrected chi connectivity index (χ2v) is 2.26. The molecule has 0 unspecified atom stereocenters. The standard InChI is InChI=1S/C8H16O2.Si/c1-3-5-6-7-8(9)10-4-2;/h3-7H2,1-2H3;. The fraction of sp³-hybridized carbons (Fsp3) is 0.875. The van der Waals surface area contributed by atoms with Crippen molar-refractivity contribution in [3.05, 3.63) is 0 Å². The van der Waals surface area contributed by atoms with Crippen molar-refractivity contribution in [2.45, 2.75) is 39.5 Å². The number of unbranched alkanes of at least 4 members (excludes halogenated alkanes) is 2. The third-order valence-corrected chi connectivity index (χ3v) is 1.29. The molecule has 0 aromatic carbocycles. The van der Waals surface area contributed by atoms with Crippen LogP contribution >= 0.6 is 0 Å². The molecule has 0 fully saturated rings.